The third kappa shape index (κ3) is 3.03. The SMILES string of the molecule is CCOC(=O)c1cccc2c1N[C@@H](c1cc([N+](=O)[O-])ccc1Cl)[C@H]1CC=C[C@@H]21. The van der Waals surface area contributed by atoms with Crippen LogP contribution in [0.5, 0.6) is 0 Å². The first-order valence-electron chi connectivity index (χ1n) is 9.18. The first-order valence-corrected chi connectivity index (χ1v) is 9.56. The summed E-state index contributed by atoms with van der Waals surface area (Å²) in [5.41, 5.74) is 2.86. The van der Waals surface area contributed by atoms with Crippen LogP contribution in [0, 0.1) is 16.0 Å². The van der Waals surface area contributed by atoms with Gasteiger partial charge in [0.25, 0.3) is 5.69 Å². The Morgan fingerprint density at radius 3 is 2.89 bits per heavy atom. The molecule has 0 saturated heterocycles. The number of carbonyl (C=O) groups excluding carboxylic acids is 1. The van der Waals surface area contributed by atoms with Gasteiger partial charge in [-0.25, -0.2) is 4.79 Å². The molecule has 144 valence electrons. The Morgan fingerprint density at radius 1 is 1.32 bits per heavy atom. The van der Waals surface area contributed by atoms with Gasteiger partial charge in [-0.2, -0.15) is 0 Å². The Balaban J connectivity index is 1.83. The van der Waals surface area contributed by atoms with Crippen molar-refractivity contribution in [3.8, 4) is 0 Å². The summed E-state index contributed by atoms with van der Waals surface area (Å²) in [6.07, 6.45) is 5.07. The highest BCUT2D eigenvalue weighted by molar-refractivity contribution is 6.31. The smallest absolute Gasteiger partial charge is 0.340 e. The van der Waals surface area contributed by atoms with Crippen LogP contribution in [-0.4, -0.2) is 17.5 Å². The fraction of sp³-hybridized carbons (Fsp3) is 0.286. The Morgan fingerprint density at radius 2 is 2.14 bits per heavy atom. The van der Waals surface area contributed by atoms with Crippen LogP contribution in [0.2, 0.25) is 5.02 Å². The number of hydrogen-bond donors (Lipinski definition) is 1. The topological polar surface area (TPSA) is 81.5 Å². The summed E-state index contributed by atoms with van der Waals surface area (Å²) >= 11 is 6.43. The number of nitro groups is 1. The average molecular weight is 399 g/mol. The molecular weight excluding hydrogens is 380 g/mol. The van der Waals surface area contributed by atoms with Crippen LogP contribution < -0.4 is 5.32 Å². The number of nitro benzene ring substituents is 1. The quantitative estimate of drug-likeness (QED) is 0.329. The Hall–Kier alpha value is -2.86. The number of para-hydroxylation sites is 1. The summed E-state index contributed by atoms with van der Waals surface area (Å²) in [5.74, 6) is -0.133. The molecule has 3 atom stereocenters. The van der Waals surface area contributed by atoms with E-state index in [1.807, 2.05) is 12.1 Å². The molecule has 2 aromatic rings. The molecule has 0 saturated carbocycles. The first-order chi connectivity index (χ1) is 13.5. The number of esters is 1. The van der Waals surface area contributed by atoms with E-state index in [1.54, 1.807) is 19.1 Å². The van der Waals surface area contributed by atoms with Crippen molar-refractivity contribution in [2.45, 2.75) is 25.3 Å². The molecule has 2 aliphatic rings. The molecule has 0 aromatic heterocycles. The van der Waals surface area contributed by atoms with Crippen LogP contribution in [0.1, 0.15) is 46.8 Å². The number of halogens is 1. The van der Waals surface area contributed by atoms with E-state index in [1.165, 1.54) is 12.1 Å². The van der Waals surface area contributed by atoms with Gasteiger partial charge < -0.3 is 10.1 Å². The molecule has 0 radical (unpaired) electrons. The maximum atomic E-state index is 12.5. The predicted octanol–water partition coefficient (Wildman–Crippen LogP) is 5.25. The van der Waals surface area contributed by atoms with E-state index in [9.17, 15) is 14.9 Å². The molecule has 0 spiro atoms. The summed E-state index contributed by atoms with van der Waals surface area (Å²) in [4.78, 5) is 23.3. The van der Waals surface area contributed by atoms with E-state index in [0.717, 1.165) is 12.0 Å². The third-order valence-corrected chi connectivity index (χ3v) is 5.76. The summed E-state index contributed by atoms with van der Waals surface area (Å²) in [7, 11) is 0. The molecule has 1 aliphatic carbocycles. The minimum Gasteiger partial charge on any atom is -0.462 e. The Kier molecular flexibility index (Phi) is 4.81. The number of fused-ring (bicyclic) bond motifs is 3. The van der Waals surface area contributed by atoms with Crippen molar-refractivity contribution in [1.29, 1.82) is 0 Å². The van der Waals surface area contributed by atoms with E-state index >= 15 is 0 Å². The van der Waals surface area contributed by atoms with Gasteiger partial charge in [-0.1, -0.05) is 35.9 Å². The molecule has 0 bridgehead atoms. The molecule has 0 amide bonds. The normalized spacial score (nSPS) is 22.1. The van der Waals surface area contributed by atoms with Gasteiger partial charge in [-0.15, -0.1) is 0 Å². The number of nitrogens with one attached hydrogen (secondary N) is 1. The molecule has 1 N–H and O–H groups in total. The minimum absolute atomic E-state index is 0.00631. The van der Waals surface area contributed by atoms with Crippen molar-refractivity contribution in [3.05, 3.63) is 80.4 Å². The molecule has 1 heterocycles. The largest absolute Gasteiger partial charge is 0.462 e. The number of rotatable bonds is 4. The van der Waals surface area contributed by atoms with Gasteiger partial charge in [0.2, 0.25) is 0 Å². The molecule has 6 nitrogen and oxygen atoms in total. The second kappa shape index (κ2) is 7.28. The third-order valence-electron chi connectivity index (χ3n) is 5.42. The van der Waals surface area contributed by atoms with E-state index in [4.69, 9.17) is 16.3 Å². The fourth-order valence-electron chi connectivity index (χ4n) is 4.19. The lowest BCUT2D eigenvalue weighted by atomic mass is 9.76. The standard InChI is InChI=1S/C21H19ClN2O4/c1-2-28-21(25)16-8-4-7-14-13-5-3-6-15(13)20(23-19(14)16)17-11-12(24(26)27)9-10-18(17)22/h3-5,7-11,13,15,20,23H,2,6H2,1H3/t13-,15-,20+/m0/s1. The number of non-ortho nitro benzene ring substituents is 1. The van der Waals surface area contributed by atoms with E-state index in [2.05, 4.69) is 17.5 Å². The lowest BCUT2D eigenvalue weighted by Crippen LogP contribution is -2.30. The summed E-state index contributed by atoms with van der Waals surface area (Å²) in [6.45, 7) is 2.05. The Labute approximate surface area is 167 Å². The van der Waals surface area contributed by atoms with Gasteiger partial charge >= 0.3 is 5.97 Å². The van der Waals surface area contributed by atoms with E-state index in [0.29, 0.717) is 21.8 Å². The average Bonchev–Trinajstić information content (AvgIpc) is 3.17. The van der Waals surface area contributed by atoms with Gasteiger partial charge in [-0.3, -0.25) is 10.1 Å². The zero-order valence-electron chi connectivity index (χ0n) is 15.2. The second-order valence-electron chi connectivity index (χ2n) is 6.93. The maximum absolute atomic E-state index is 12.5. The molecule has 0 fully saturated rings. The van der Waals surface area contributed by atoms with Crippen molar-refractivity contribution in [2.75, 3.05) is 11.9 Å². The number of anilines is 1. The van der Waals surface area contributed by atoms with Gasteiger partial charge in [0.15, 0.2) is 0 Å². The lowest BCUT2D eigenvalue weighted by molar-refractivity contribution is -0.384. The van der Waals surface area contributed by atoms with Crippen molar-refractivity contribution in [2.24, 2.45) is 5.92 Å². The van der Waals surface area contributed by atoms with Crippen LogP contribution in [-0.2, 0) is 4.74 Å². The van der Waals surface area contributed by atoms with Crippen molar-refractivity contribution in [3.63, 3.8) is 0 Å². The summed E-state index contributed by atoms with van der Waals surface area (Å²) < 4.78 is 5.21. The van der Waals surface area contributed by atoms with Gasteiger partial charge in [0, 0.05) is 28.6 Å². The van der Waals surface area contributed by atoms with Crippen LogP contribution in [0.15, 0.2) is 48.6 Å². The van der Waals surface area contributed by atoms with Gasteiger partial charge in [0.05, 0.1) is 28.8 Å². The highest BCUT2D eigenvalue weighted by Gasteiger charge is 2.40. The number of carbonyl (C=O) groups is 1. The maximum Gasteiger partial charge on any atom is 0.340 e. The predicted molar refractivity (Wildman–Crippen MR) is 107 cm³/mol. The molecule has 4 rings (SSSR count). The molecule has 2 aromatic carbocycles. The number of nitrogens with zero attached hydrogens (tertiary/aromatic N) is 1. The number of ether oxygens (including phenoxy) is 1. The monoisotopic (exact) mass is 398 g/mol. The zero-order valence-corrected chi connectivity index (χ0v) is 16.0. The van der Waals surface area contributed by atoms with Crippen molar-refractivity contribution in [1.82, 2.24) is 0 Å². The Bertz CT molecular complexity index is 988. The van der Waals surface area contributed by atoms with Crippen LogP contribution in [0.4, 0.5) is 11.4 Å². The summed E-state index contributed by atoms with van der Waals surface area (Å²) in [5, 5.41) is 15.2. The van der Waals surface area contributed by atoms with Crippen LogP contribution >= 0.6 is 11.6 Å². The van der Waals surface area contributed by atoms with Gasteiger partial charge in [-0.05, 0) is 37.0 Å². The number of benzene rings is 2. The fourth-order valence-corrected chi connectivity index (χ4v) is 4.43. The van der Waals surface area contributed by atoms with E-state index in [-0.39, 0.29) is 30.2 Å². The van der Waals surface area contributed by atoms with Crippen LogP contribution in [0.3, 0.4) is 0 Å². The van der Waals surface area contributed by atoms with Crippen molar-refractivity contribution < 1.29 is 14.5 Å². The lowest BCUT2D eigenvalue weighted by Gasteiger charge is -2.38. The molecule has 7 heteroatoms. The zero-order chi connectivity index (χ0) is 19.8. The second-order valence-corrected chi connectivity index (χ2v) is 7.34. The minimum atomic E-state index is -0.426. The van der Waals surface area contributed by atoms with Crippen LogP contribution in [0.25, 0.3) is 0 Å². The molecular formula is C21H19ClN2O4. The summed E-state index contributed by atoms with van der Waals surface area (Å²) in [6, 6.07) is 9.82. The first kappa shape index (κ1) is 18.5. The van der Waals surface area contributed by atoms with Crippen molar-refractivity contribution >= 4 is 28.9 Å². The molecule has 0 unspecified atom stereocenters. The highest BCUT2D eigenvalue weighted by Crippen LogP contribution is 2.51. The molecule has 28 heavy (non-hydrogen) atoms. The number of allylic oxidation sites excluding steroid dienone is 2. The van der Waals surface area contributed by atoms with E-state index < -0.39 is 10.9 Å². The highest BCUT2D eigenvalue weighted by atomic mass is 35.5. The number of hydrogen-bond acceptors (Lipinski definition) is 5. The van der Waals surface area contributed by atoms with Gasteiger partial charge in [0.1, 0.15) is 0 Å². The molecule has 1 aliphatic heterocycles.